The first kappa shape index (κ1) is 24.1. The van der Waals surface area contributed by atoms with E-state index in [1.807, 2.05) is 24.3 Å². The van der Waals surface area contributed by atoms with Crippen molar-refractivity contribution in [2.24, 2.45) is 0 Å². The first-order valence-electron chi connectivity index (χ1n) is 11.4. The Hall–Kier alpha value is -4.01. The summed E-state index contributed by atoms with van der Waals surface area (Å²) in [6.45, 7) is 1.92. The second-order valence-corrected chi connectivity index (χ2v) is 8.09. The zero-order valence-corrected chi connectivity index (χ0v) is 20.2. The average molecular weight is 480 g/mol. The van der Waals surface area contributed by atoms with Crippen LogP contribution in [-0.2, 0) is 11.2 Å². The molecule has 184 valence electrons. The highest BCUT2D eigenvalue weighted by atomic mass is 16.5. The maximum atomic E-state index is 12.9. The number of aromatic nitrogens is 1. The van der Waals surface area contributed by atoms with Gasteiger partial charge in [0.15, 0.2) is 23.1 Å². The smallest absolute Gasteiger partial charge is 0.254 e. The molecule has 35 heavy (non-hydrogen) atoms. The minimum absolute atomic E-state index is 0.0208. The number of benzene rings is 2. The Morgan fingerprint density at radius 2 is 1.57 bits per heavy atom. The van der Waals surface area contributed by atoms with Gasteiger partial charge in [0.1, 0.15) is 5.75 Å². The number of piperazine rings is 1. The minimum atomic E-state index is -0.0936. The van der Waals surface area contributed by atoms with E-state index < -0.39 is 0 Å². The Morgan fingerprint density at radius 1 is 0.886 bits per heavy atom. The highest BCUT2D eigenvalue weighted by molar-refractivity contribution is 5.95. The van der Waals surface area contributed by atoms with E-state index in [2.05, 4.69) is 4.98 Å². The van der Waals surface area contributed by atoms with Gasteiger partial charge in [-0.25, -0.2) is 4.98 Å². The number of methoxy groups -OCH3 is 3. The molecule has 1 aromatic heterocycles. The van der Waals surface area contributed by atoms with Crippen molar-refractivity contribution in [2.75, 3.05) is 47.5 Å². The molecule has 2 heterocycles. The van der Waals surface area contributed by atoms with Crippen LogP contribution in [0.3, 0.4) is 0 Å². The van der Waals surface area contributed by atoms with Crippen LogP contribution in [0.25, 0.3) is 11.3 Å². The van der Waals surface area contributed by atoms with Crippen LogP contribution < -0.4 is 14.2 Å². The lowest BCUT2D eigenvalue weighted by molar-refractivity contribution is -0.132. The molecule has 4 rings (SSSR count). The van der Waals surface area contributed by atoms with Crippen molar-refractivity contribution >= 4 is 11.8 Å². The van der Waals surface area contributed by atoms with Crippen molar-refractivity contribution in [3.05, 3.63) is 60.1 Å². The summed E-state index contributed by atoms with van der Waals surface area (Å²) in [5.74, 6) is 2.94. The lowest BCUT2D eigenvalue weighted by atomic mass is 10.1. The molecule has 1 fully saturated rings. The molecule has 9 heteroatoms. The Labute approximate surface area is 204 Å². The van der Waals surface area contributed by atoms with Gasteiger partial charge in [0.25, 0.3) is 5.91 Å². The number of hydrogen-bond acceptors (Lipinski definition) is 7. The summed E-state index contributed by atoms with van der Waals surface area (Å²) in [5, 5.41) is 0. The number of hydrogen-bond donors (Lipinski definition) is 0. The second kappa shape index (κ2) is 10.9. The molecule has 0 atom stereocenters. The predicted octanol–water partition coefficient (Wildman–Crippen LogP) is 3.28. The first-order valence-corrected chi connectivity index (χ1v) is 11.4. The highest BCUT2D eigenvalue weighted by Gasteiger charge is 2.25. The van der Waals surface area contributed by atoms with E-state index in [0.717, 1.165) is 11.3 Å². The Morgan fingerprint density at radius 3 is 2.23 bits per heavy atom. The Balaban J connectivity index is 1.27. The van der Waals surface area contributed by atoms with Crippen molar-refractivity contribution in [3.63, 3.8) is 0 Å². The number of aryl methyl sites for hydroxylation is 1. The fourth-order valence-electron chi connectivity index (χ4n) is 4.00. The van der Waals surface area contributed by atoms with Crippen molar-refractivity contribution in [1.82, 2.24) is 14.8 Å². The van der Waals surface area contributed by atoms with Gasteiger partial charge in [-0.3, -0.25) is 9.59 Å². The molecule has 3 aromatic rings. The topological polar surface area (TPSA) is 94.3 Å². The van der Waals surface area contributed by atoms with Gasteiger partial charge in [0, 0.05) is 50.1 Å². The molecule has 0 saturated carbocycles. The molecule has 2 amide bonds. The summed E-state index contributed by atoms with van der Waals surface area (Å²) in [4.78, 5) is 33.5. The molecule has 0 radical (unpaired) electrons. The molecule has 1 aliphatic rings. The Bertz CT molecular complexity index is 1170. The van der Waals surface area contributed by atoms with Crippen molar-refractivity contribution in [1.29, 1.82) is 0 Å². The molecular weight excluding hydrogens is 450 g/mol. The Kier molecular flexibility index (Phi) is 7.54. The van der Waals surface area contributed by atoms with E-state index in [0.29, 0.717) is 67.7 Å². The fraction of sp³-hybridized carbons (Fsp3) is 0.346. The quantitative estimate of drug-likeness (QED) is 0.489. The van der Waals surface area contributed by atoms with E-state index in [1.165, 1.54) is 7.11 Å². The van der Waals surface area contributed by atoms with Gasteiger partial charge in [-0.1, -0.05) is 0 Å². The van der Waals surface area contributed by atoms with E-state index in [4.69, 9.17) is 18.6 Å². The maximum absolute atomic E-state index is 12.9. The van der Waals surface area contributed by atoms with E-state index in [-0.39, 0.29) is 11.8 Å². The molecule has 1 saturated heterocycles. The lowest BCUT2D eigenvalue weighted by Gasteiger charge is -2.35. The predicted molar refractivity (Wildman–Crippen MR) is 129 cm³/mol. The van der Waals surface area contributed by atoms with Gasteiger partial charge in [-0.15, -0.1) is 0 Å². The van der Waals surface area contributed by atoms with Crippen LogP contribution in [0.5, 0.6) is 17.2 Å². The number of ether oxygens (including phenoxy) is 3. The average Bonchev–Trinajstić information content (AvgIpc) is 3.40. The van der Waals surface area contributed by atoms with Gasteiger partial charge < -0.3 is 28.4 Å². The van der Waals surface area contributed by atoms with Gasteiger partial charge in [0.2, 0.25) is 5.91 Å². The van der Waals surface area contributed by atoms with Gasteiger partial charge >= 0.3 is 0 Å². The number of oxazole rings is 1. The second-order valence-electron chi connectivity index (χ2n) is 8.09. The van der Waals surface area contributed by atoms with Crippen molar-refractivity contribution in [3.8, 4) is 28.6 Å². The molecule has 0 aliphatic carbocycles. The molecular formula is C26H29N3O6. The third kappa shape index (κ3) is 5.56. The summed E-state index contributed by atoms with van der Waals surface area (Å²) in [5.41, 5.74) is 1.42. The number of amides is 2. The van der Waals surface area contributed by atoms with Crippen molar-refractivity contribution in [2.45, 2.75) is 12.8 Å². The van der Waals surface area contributed by atoms with Crippen LogP contribution in [0.15, 0.2) is 53.1 Å². The SMILES string of the molecule is COc1ccc(-c2cnc(CCC(=O)N3CCN(C(=O)c4ccc(OC)c(OC)c4)CC3)o2)cc1. The van der Waals surface area contributed by atoms with Gasteiger partial charge in [-0.2, -0.15) is 0 Å². The van der Waals surface area contributed by atoms with Crippen LogP contribution in [0.4, 0.5) is 0 Å². The number of carbonyl (C=O) groups excluding carboxylic acids is 2. The molecule has 1 aliphatic heterocycles. The largest absolute Gasteiger partial charge is 0.497 e. The third-order valence-corrected chi connectivity index (χ3v) is 6.03. The number of nitrogens with zero attached hydrogens (tertiary/aromatic N) is 3. The van der Waals surface area contributed by atoms with E-state index in [9.17, 15) is 9.59 Å². The van der Waals surface area contributed by atoms with Crippen LogP contribution in [0.1, 0.15) is 22.7 Å². The van der Waals surface area contributed by atoms with Gasteiger partial charge in [-0.05, 0) is 42.5 Å². The van der Waals surface area contributed by atoms with Crippen LogP contribution in [-0.4, -0.2) is 74.1 Å². The summed E-state index contributed by atoms with van der Waals surface area (Å²) >= 11 is 0. The normalized spacial score (nSPS) is 13.5. The fourth-order valence-corrected chi connectivity index (χ4v) is 4.00. The summed E-state index contributed by atoms with van der Waals surface area (Å²) in [6, 6.07) is 12.6. The van der Waals surface area contributed by atoms with Crippen LogP contribution in [0, 0.1) is 0 Å². The highest BCUT2D eigenvalue weighted by Crippen LogP contribution is 2.28. The van der Waals surface area contributed by atoms with Crippen molar-refractivity contribution < 1.29 is 28.2 Å². The zero-order chi connectivity index (χ0) is 24.8. The van der Waals surface area contributed by atoms with E-state index >= 15 is 0 Å². The summed E-state index contributed by atoms with van der Waals surface area (Å²) in [6.07, 6.45) is 2.38. The third-order valence-electron chi connectivity index (χ3n) is 6.03. The molecule has 0 spiro atoms. The minimum Gasteiger partial charge on any atom is -0.497 e. The van der Waals surface area contributed by atoms with Crippen LogP contribution >= 0.6 is 0 Å². The number of rotatable bonds is 8. The molecule has 0 N–H and O–H groups in total. The van der Waals surface area contributed by atoms with Crippen LogP contribution in [0.2, 0.25) is 0 Å². The zero-order valence-electron chi connectivity index (χ0n) is 20.2. The monoisotopic (exact) mass is 479 g/mol. The standard InChI is InChI=1S/C26H29N3O6/c1-32-20-7-4-18(5-8-20)23-17-27-24(35-23)10-11-25(30)28-12-14-29(15-13-28)26(31)19-6-9-21(33-2)22(16-19)34-3/h4-9,16-17H,10-15H2,1-3H3. The maximum Gasteiger partial charge on any atom is 0.254 e. The first-order chi connectivity index (χ1) is 17.0. The van der Waals surface area contributed by atoms with E-state index in [1.54, 1.807) is 48.4 Å². The molecule has 0 bridgehead atoms. The summed E-state index contributed by atoms with van der Waals surface area (Å²) in [7, 11) is 4.71. The number of carbonyl (C=O) groups is 2. The lowest BCUT2D eigenvalue weighted by Crippen LogP contribution is -2.50. The molecule has 2 aromatic carbocycles. The van der Waals surface area contributed by atoms with Gasteiger partial charge in [0.05, 0.1) is 27.5 Å². The molecule has 0 unspecified atom stereocenters. The molecule has 9 nitrogen and oxygen atoms in total. The summed E-state index contributed by atoms with van der Waals surface area (Å²) < 4.78 is 21.5.